The van der Waals surface area contributed by atoms with Crippen molar-refractivity contribution in [2.24, 2.45) is 5.41 Å². The number of nitrogens with one attached hydrogen (secondary N) is 1. The Morgan fingerprint density at radius 2 is 2.19 bits per heavy atom. The van der Waals surface area contributed by atoms with Crippen molar-refractivity contribution >= 4 is 17.3 Å². The first-order chi connectivity index (χ1) is 7.70. The average Bonchev–Trinajstić information content (AvgIpc) is 2.69. The molecule has 0 amide bonds. The molecule has 2 saturated heterocycles. The minimum Gasteiger partial charge on any atom is -0.370 e. The van der Waals surface area contributed by atoms with Crippen LogP contribution in [0.15, 0.2) is 18.2 Å². The summed E-state index contributed by atoms with van der Waals surface area (Å²) in [7, 11) is 0. The first kappa shape index (κ1) is 10.4. The SMILES string of the molecule is Cc1c(Cl)cccc1N1CC2(CCNC2)C1. The number of benzene rings is 1. The third-order valence-corrected chi connectivity index (χ3v) is 4.37. The molecule has 0 radical (unpaired) electrons. The highest BCUT2D eigenvalue weighted by molar-refractivity contribution is 6.31. The number of hydrogen-bond acceptors (Lipinski definition) is 2. The van der Waals surface area contributed by atoms with E-state index in [0.29, 0.717) is 5.41 Å². The molecule has 2 heterocycles. The molecule has 86 valence electrons. The van der Waals surface area contributed by atoms with Gasteiger partial charge in [0.05, 0.1) is 0 Å². The highest BCUT2D eigenvalue weighted by atomic mass is 35.5. The molecule has 1 aromatic rings. The van der Waals surface area contributed by atoms with Gasteiger partial charge in [-0.2, -0.15) is 0 Å². The molecule has 2 aliphatic heterocycles. The molecule has 0 atom stereocenters. The van der Waals surface area contributed by atoms with Crippen LogP contribution in [0, 0.1) is 12.3 Å². The average molecular weight is 237 g/mol. The van der Waals surface area contributed by atoms with Gasteiger partial charge in [-0.3, -0.25) is 0 Å². The van der Waals surface area contributed by atoms with Crippen LogP contribution >= 0.6 is 11.6 Å². The van der Waals surface area contributed by atoms with Gasteiger partial charge in [-0.1, -0.05) is 17.7 Å². The molecular formula is C13H17ClN2. The van der Waals surface area contributed by atoms with Crippen molar-refractivity contribution in [2.75, 3.05) is 31.1 Å². The molecule has 3 rings (SSSR count). The Labute approximate surface area is 102 Å². The molecule has 0 saturated carbocycles. The standard InChI is InChI=1S/C13H17ClN2/c1-10-11(14)3-2-4-12(10)16-8-13(9-16)5-6-15-7-13/h2-4,15H,5-9H2,1H3. The van der Waals surface area contributed by atoms with Crippen LogP contribution < -0.4 is 10.2 Å². The monoisotopic (exact) mass is 236 g/mol. The van der Waals surface area contributed by atoms with Crippen molar-refractivity contribution in [1.82, 2.24) is 5.32 Å². The van der Waals surface area contributed by atoms with Gasteiger partial charge in [0.1, 0.15) is 0 Å². The van der Waals surface area contributed by atoms with Crippen LogP contribution in [0.4, 0.5) is 5.69 Å². The van der Waals surface area contributed by atoms with Crippen LogP contribution in [-0.4, -0.2) is 26.2 Å². The minimum atomic E-state index is 0.550. The summed E-state index contributed by atoms with van der Waals surface area (Å²) >= 11 is 6.15. The fraction of sp³-hybridized carbons (Fsp3) is 0.538. The van der Waals surface area contributed by atoms with E-state index in [9.17, 15) is 0 Å². The van der Waals surface area contributed by atoms with Gasteiger partial charge in [-0.05, 0) is 37.6 Å². The summed E-state index contributed by atoms with van der Waals surface area (Å²) in [5, 5.41) is 4.34. The van der Waals surface area contributed by atoms with E-state index in [0.717, 1.165) is 5.02 Å². The Bertz CT molecular complexity index is 402. The molecule has 2 fully saturated rings. The second kappa shape index (κ2) is 3.64. The highest BCUT2D eigenvalue weighted by Crippen LogP contribution is 2.40. The number of nitrogens with zero attached hydrogens (tertiary/aromatic N) is 1. The van der Waals surface area contributed by atoms with E-state index in [1.54, 1.807) is 0 Å². The molecular weight excluding hydrogens is 220 g/mol. The summed E-state index contributed by atoms with van der Waals surface area (Å²) in [4.78, 5) is 2.45. The number of halogens is 1. The highest BCUT2D eigenvalue weighted by Gasteiger charge is 2.45. The fourth-order valence-corrected chi connectivity index (χ4v) is 3.11. The molecule has 0 unspecified atom stereocenters. The van der Waals surface area contributed by atoms with Crippen molar-refractivity contribution in [2.45, 2.75) is 13.3 Å². The maximum absolute atomic E-state index is 6.15. The van der Waals surface area contributed by atoms with E-state index < -0.39 is 0 Å². The summed E-state index contributed by atoms with van der Waals surface area (Å²) in [6, 6.07) is 6.19. The minimum absolute atomic E-state index is 0.550. The molecule has 3 heteroatoms. The van der Waals surface area contributed by atoms with Gasteiger partial charge < -0.3 is 10.2 Å². The molecule has 1 spiro atoms. The van der Waals surface area contributed by atoms with Gasteiger partial charge >= 0.3 is 0 Å². The summed E-state index contributed by atoms with van der Waals surface area (Å²) < 4.78 is 0. The Morgan fingerprint density at radius 3 is 2.88 bits per heavy atom. The van der Waals surface area contributed by atoms with E-state index >= 15 is 0 Å². The Balaban J connectivity index is 1.78. The zero-order valence-electron chi connectivity index (χ0n) is 9.59. The van der Waals surface area contributed by atoms with Gasteiger partial charge in [-0.25, -0.2) is 0 Å². The largest absolute Gasteiger partial charge is 0.370 e. The smallest absolute Gasteiger partial charge is 0.0455 e. The lowest BCUT2D eigenvalue weighted by atomic mass is 9.78. The van der Waals surface area contributed by atoms with Gasteiger partial charge in [0, 0.05) is 35.8 Å². The molecule has 0 aromatic heterocycles. The second-order valence-corrected chi connectivity index (χ2v) is 5.57. The normalized spacial score (nSPS) is 22.5. The predicted octanol–water partition coefficient (Wildman–Crippen LogP) is 2.45. The van der Waals surface area contributed by atoms with Crippen molar-refractivity contribution in [3.8, 4) is 0 Å². The topological polar surface area (TPSA) is 15.3 Å². The molecule has 2 aliphatic rings. The lowest BCUT2D eigenvalue weighted by Crippen LogP contribution is -2.57. The van der Waals surface area contributed by atoms with Crippen LogP contribution in [0.3, 0.4) is 0 Å². The molecule has 1 N–H and O–H groups in total. The Morgan fingerprint density at radius 1 is 1.38 bits per heavy atom. The summed E-state index contributed by atoms with van der Waals surface area (Å²) in [5.41, 5.74) is 3.07. The summed E-state index contributed by atoms with van der Waals surface area (Å²) in [6.07, 6.45) is 1.32. The zero-order chi connectivity index (χ0) is 11.2. The number of rotatable bonds is 1. The van der Waals surface area contributed by atoms with E-state index in [2.05, 4.69) is 23.2 Å². The third kappa shape index (κ3) is 1.52. The molecule has 2 nitrogen and oxygen atoms in total. The quantitative estimate of drug-likeness (QED) is 0.806. The van der Waals surface area contributed by atoms with E-state index in [-0.39, 0.29) is 0 Å². The van der Waals surface area contributed by atoms with Crippen LogP contribution in [0.25, 0.3) is 0 Å². The number of anilines is 1. The van der Waals surface area contributed by atoms with Gasteiger partial charge in [0.25, 0.3) is 0 Å². The Kier molecular flexibility index (Phi) is 2.37. The van der Waals surface area contributed by atoms with Crippen molar-refractivity contribution in [3.05, 3.63) is 28.8 Å². The summed E-state index contributed by atoms with van der Waals surface area (Å²) in [5.74, 6) is 0. The van der Waals surface area contributed by atoms with Crippen molar-refractivity contribution in [1.29, 1.82) is 0 Å². The maximum atomic E-state index is 6.15. The third-order valence-electron chi connectivity index (χ3n) is 3.96. The first-order valence-corrected chi connectivity index (χ1v) is 6.29. The molecule has 1 aromatic carbocycles. The molecule has 0 bridgehead atoms. The Hall–Kier alpha value is -0.730. The van der Waals surface area contributed by atoms with Crippen LogP contribution in [0.5, 0.6) is 0 Å². The molecule has 0 aliphatic carbocycles. The van der Waals surface area contributed by atoms with E-state index in [1.165, 1.54) is 43.9 Å². The van der Waals surface area contributed by atoms with Gasteiger partial charge in [0.2, 0.25) is 0 Å². The number of hydrogen-bond donors (Lipinski definition) is 1. The first-order valence-electron chi connectivity index (χ1n) is 5.91. The van der Waals surface area contributed by atoms with Crippen LogP contribution in [-0.2, 0) is 0 Å². The van der Waals surface area contributed by atoms with Crippen LogP contribution in [0.2, 0.25) is 5.02 Å². The predicted molar refractivity (Wildman–Crippen MR) is 68.3 cm³/mol. The van der Waals surface area contributed by atoms with Crippen molar-refractivity contribution in [3.63, 3.8) is 0 Å². The maximum Gasteiger partial charge on any atom is 0.0455 e. The van der Waals surface area contributed by atoms with Gasteiger partial charge in [0.15, 0.2) is 0 Å². The lowest BCUT2D eigenvalue weighted by Gasteiger charge is -2.49. The zero-order valence-corrected chi connectivity index (χ0v) is 10.3. The summed E-state index contributed by atoms with van der Waals surface area (Å²) in [6.45, 7) is 6.84. The molecule has 16 heavy (non-hydrogen) atoms. The fourth-order valence-electron chi connectivity index (χ4n) is 2.94. The lowest BCUT2D eigenvalue weighted by molar-refractivity contribution is 0.243. The van der Waals surface area contributed by atoms with Crippen molar-refractivity contribution < 1.29 is 0 Å². The second-order valence-electron chi connectivity index (χ2n) is 5.17. The van der Waals surface area contributed by atoms with Crippen LogP contribution in [0.1, 0.15) is 12.0 Å². The van der Waals surface area contributed by atoms with E-state index in [4.69, 9.17) is 11.6 Å². The van der Waals surface area contributed by atoms with E-state index in [1.807, 2.05) is 12.1 Å². The van der Waals surface area contributed by atoms with Gasteiger partial charge in [-0.15, -0.1) is 0 Å².